The van der Waals surface area contributed by atoms with E-state index in [0.29, 0.717) is 5.82 Å². The van der Waals surface area contributed by atoms with Crippen LogP contribution in [0, 0.1) is 0 Å². The van der Waals surface area contributed by atoms with Gasteiger partial charge in [0.15, 0.2) is 5.82 Å². The third kappa shape index (κ3) is 2.53. The zero-order valence-corrected chi connectivity index (χ0v) is 14.5. The summed E-state index contributed by atoms with van der Waals surface area (Å²) in [5.41, 5.74) is 11.1. The van der Waals surface area contributed by atoms with E-state index in [4.69, 9.17) is 5.73 Å². The van der Waals surface area contributed by atoms with Gasteiger partial charge in [0.2, 0.25) is 0 Å². The Morgan fingerprint density at radius 1 is 1.21 bits per heavy atom. The smallest absolute Gasteiger partial charge is 0.152 e. The van der Waals surface area contributed by atoms with Crippen molar-refractivity contribution in [3.63, 3.8) is 0 Å². The Hall–Kier alpha value is -2.44. The fourth-order valence-corrected chi connectivity index (χ4v) is 3.54. The summed E-state index contributed by atoms with van der Waals surface area (Å²) in [4.78, 5) is 14.8. The van der Waals surface area contributed by atoms with Gasteiger partial charge in [-0.05, 0) is 47.6 Å². The van der Waals surface area contributed by atoms with Crippen LogP contribution >= 0.6 is 11.3 Å². The molecule has 0 saturated heterocycles. The maximum absolute atomic E-state index is 6.16. The van der Waals surface area contributed by atoms with Crippen LogP contribution in [0.1, 0.15) is 12.7 Å². The molecule has 3 N–H and O–H groups in total. The zero-order chi connectivity index (χ0) is 16.7. The van der Waals surface area contributed by atoms with Crippen LogP contribution in [0.4, 0.5) is 5.82 Å². The second-order valence-corrected chi connectivity index (χ2v) is 6.76. The fourth-order valence-electron chi connectivity index (χ4n) is 2.87. The normalized spacial score (nSPS) is 11.8. The standard InChI is InChI=1S/C18H19N5S/c1-3-23(2)9-15-21-16-13-5-4-11(12-6-7-24-10-12)8-14(13)20-18(19)17(16)22-15/h4-8,10H,3,9H2,1-2H3,(H2,19,20)(H,21,22). The first-order valence-electron chi connectivity index (χ1n) is 7.94. The second kappa shape index (κ2) is 5.89. The molecule has 3 heterocycles. The highest BCUT2D eigenvalue weighted by Crippen LogP contribution is 2.30. The lowest BCUT2D eigenvalue weighted by Crippen LogP contribution is -2.17. The van der Waals surface area contributed by atoms with Gasteiger partial charge >= 0.3 is 0 Å². The summed E-state index contributed by atoms with van der Waals surface area (Å²) >= 11 is 1.69. The number of nitrogen functional groups attached to an aromatic ring is 1. The largest absolute Gasteiger partial charge is 0.382 e. The van der Waals surface area contributed by atoms with E-state index in [1.54, 1.807) is 11.3 Å². The van der Waals surface area contributed by atoms with E-state index in [-0.39, 0.29) is 0 Å². The molecule has 0 radical (unpaired) electrons. The van der Waals surface area contributed by atoms with E-state index in [2.05, 4.69) is 68.8 Å². The van der Waals surface area contributed by atoms with E-state index in [1.807, 2.05) is 0 Å². The molecule has 0 unspecified atom stereocenters. The topological polar surface area (TPSA) is 70.8 Å². The molecule has 24 heavy (non-hydrogen) atoms. The van der Waals surface area contributed by atoms with E-state index in [1.165, 1.54) is 5.56 Å². The van der Waals surface area contributed by atoms with Crippen LogP contribution in [-0.4, -0.2) is 33.4 Å². The molecular weight excluding hydrogens is 318 g/mol. The van der Waals surface area contributed by atoms with Gasteiger partial charge in [-0.1, -0.05) is 19.1 Å². The molecule has 1 aromatic carbocycles. The maximum Gasteiger partial charge on any atom is 0.152 e. The number of pyridine rings is 1. The Kier molecular flexibility index (Phi) is 3.70. The van der Waals surface area contributed by atoms with Gasteiger partial charge in [0.05, 0.1) is 17.6 Å². The fraction of sp³-hybridized carbons (Fsp3) is 0.222. The second-order valence-electron chi connectivity index (χ2n) is 5.98. The number of aromatic amines is 1. The van der Waals surface area contributed by atoms with Crippen LogP contribution in [0.3, 0.4) is 0 Å². The minimum Gasteiger partial charge on any atom is -0.382 e. The summed E-state index contributed by atoms with van der Waals surface area (Å²) < 4.78 is 0. The molecule has 6 heteroatoms. The van der Waals surface area contributed by atoms with E-state index in [0.717, 1.165) is 46.4 Å². The molecule has 0 aliphatic carbocycles. The summed E-state index contributed by atoms with van der Waals surface area (Å²) in [5.74, 6) is 1.39. The van der Waals surface area contributed by atoms with Crippen molar-refractivity contribution in [1.82, 2.24) is 19.9 Å². The number of hydrogen-bond acceptors (Lipinski definition) is 5. The number of thiophene rings is 1. The summed E-state index contributed by atoms with van der Waals surface area (Å²) in [6.45, 7) is 3.86. The Morgan fingerprint density at radius 2 is 2.08 bits per heavy atom. The Balaban J connectivity index is 1.87. The molecule has 0 spiro atoms. The molecule has 122 valence electrons. The molecule has 4 aromatic rings. The number of nitrogens with two attached hydrogens (primary N) is 1. The highest BCUT2D eigenvalue weighted by atomic mass is 32.1. The van der Waals surface area contributed by atoms with Gasteiger partial charge in [-0.2, -0.15) is 11.3 Å². The average Bonchev–Trinajstić information content (AvgIpc) is 3.24. The van der Waals surface area contributed by atoms with Crippen LogP contribution < -0.4 is 5.73 Å². The quantitative estimate of drug-likeness (QED) is 0.593. The number of benzene rings is 1. The zero-order valence-electron chi connectivity index (χ0n) is 13.7. The van der Waals surface area contributed by atoms with Crippen LogP contribution in [-0.2, 0) is 6.54 Å². The Labute approximate surface area is 144 Å². The number of nitrogens with zero attached hydrogens (tertiary/aromatic N) is 3. The van der Waals surface area contributed by atoms with Gasteiger partial charge in [-0.3, -0.25) is 4.90 Å². The first kappa shape index (κ1) is 15.1. The number of rotatable bonds is 4. The number of nitrogens with one attached hydrogen (secondary N) is 1. The summed E-state index contributed by atoms with van der Waals surface area (Å²) in [5, 5.41) is 5.27. The average molecular weight is 337 g/mol. The summed E-state index contributed by atoms with van der Waals surface area (Å²) in [7, 11) is 2.07. The van der Waals surface area contributed by atoms with Crippen molar-refractivity contribution in [3.8, 4) is 11.1 Å². The van der Waals surface area contributed by atoms with Crippen molar-refractivity contribution in [2.24, 2.45) is 0 Å². The third-order valence-electron chi connectivity index (χ3n) is 4.32. The van der Waals surface area contributed by atoms with Crippen LogP contribution in [0.25, 0.3) is 33.1 Å². The van der Waals surface area contributed by atoms with Gasteiger partial charge in [0, 0.05) is 5.39 Å². The van der Waals surface area contributed by atoms with Crippen molar-refractivity contribution in [2.45, 2.75) is 13.5 Å². The van der Waals surface area contributed by atoms with Crippen molar-refractivity contribution in [3.05, 3.63) is 40.8 Å². The number of anilines is 1. The molecule has 0 saturated carbocycles. The van der Waals surface area contributed by atoms with E-state index < -0.39 is 0 Å². The highest BCUT2D eigenvalue weighted by molar-refractivity contribution is 7.08. The lowest BCUT2D eigenvalue weighted by molar-refractivity contribution is 0.338. The van der Waals surface area contributed by atoms with Crippen LogP contribution in [0.2, 0.25) is 0 Å². The molecule has 0 aliphatic rings. The molecule has 0 bridgehead atoms. The summed E-state index contributed by atoms with van der Waals surface area (Å²) in [6, 6.07) is 8.43. The minimum atomic E-state index is 0.474. The molecule has 0 aliphatic heterocycles. The monoisotopic (exact) mass is 337 g/mol. The maximum atomic E-state index is 6.16. The van der Waals surface area contributed by atoms with Gasteiger partial charge in [-0.15, -0.1) is 0 Å². The number of H-pyrrole nitrogens is 1. The highest BCUT2D eigenvalue weighted by Gasteiger charge is 2.13. The molecule has 0 atom stereocenters. The molecule has 4 rings (SSSR count). The number of hydrogen-bond donors (Lipinski definition) is 2. The number of fused-ring (bicyclic) bond motifs is 3. The lowest BCUT2D eigenvalue weighted by atomic mass is 10.1. The summed E-state index contributed by atoms with van der Waals surface area (Å²) in [6.07, 6.45) is 0. The molecule has 5 nitrogen and oxygen atoms in total. The SMILES string of the molecule is CCN(C)Cc1nc2c(N)nc3cc(-c4ccsc4)ccc3c2[nH]1. The minimum absolute atomic E-state index is 0.474. The van der Waals surface area contributed by atoms with Crippen molar-refractivity contribution < 1.29 is 0 Å². The van der Waals surface area contributed by atoms with Crippen molar-refractivity contribution in [1.29, 1.82) is 0 Å². The first-order valence-corrected chi connectivity index (χ1v) is 8.89. The van der Waals surface area contributed by atoms with Crippen LogP contribution in [0.5, 0.6) is 0 Å². The Bertz CT molecular complexity index is 1000. The van der Waals surface area contributed by atoms with E-state index in [9.17, 15) is 0 Å². The molecule has 3 aromatic heterocycles. The van der Waals surface area contributed by atoms with E-state index >= 15 is 0 Å². The number of imidazole rings is 1. The Morgan fingerprint density at radius 3 is 2.83 bits per heavy atom. The van der Waals surface area contributed by atoms with Crippen molar-refractivity contribution in [2.75, 3.05) is 19.3 Å². The van der Waals surface area contributed by atoms with Gasteiger partial charge < -0.3 is 10.7 Å². The third-order valence-corrected chi connectivity index (χ3v) is 5.00. The van der Waals surface area contributed by atoms with Gasteiger partial charge in [0.1, 0.15) is 11.3 Å². The molecular formula is C18H19N5S. The predicted molar refractivity (Wildman–Crippen MR) is 101 cm³/mol. The predicted octanol–water partition coefficient (Wildman–Crippen LogP) is 3.87. The molecule has 0 amide bonds. The van der Waals surface area contributed by atoms with Crippen molar-refractivity contribution >= 4 is 39.1 Å². The number of aromatic nitrogens is 3. The van der Waals surface area contributed by atoms with Gasteiger partial charge in [0.25, 0.3) is 0 Å². The first-order chi connectivity index (χ1) is 11.7. The lowest BCUT2D eigenvalue weighted by Gasteiger charge is -2.10. The van der Waals surface area contributed by atoms with Gasteiger partial charge in [-0.25, -0.2) is 9.97 Å². The van der Waals surface area contributed by atoms with Crippen LogP contribution in [0.15, 0.2) is 35.0 Å². The molecule has 0 fully saturated rings.